The molecule has 1 unspecified atom stereocenters. The van der Waals surface area contributed by atoms with E-state index in [1.165, 1.54) is 0 Å². The van der Waals surface area contributed by atoms with Crippen LogP contribution in [0.25, 0.3) is 11.4 Å². The molecule has 0 saturated heterocycles. The predicted molar refractivity (Wildman–Crippen MR) is 134 cm³/mol. The smallest absolute Gasteiger partial charge is 0.255 e. The fraction of sp³-hybridized carbons (Fsp3) is 0.148. The lowest BCUT2D eigenvalue weighted by Gasteiger charge is -2.29. The summed E-state index contributed by atoms with van der Waals surface area (Å²) < 4.78 is 7.62. The topological polar surface area (TPSA) is 101 Å². The summed E-state index contributed by atoms with van der Waals surface area (Å²) in [5.74, 6) is 1.46. The van der Waals surface area contributed by atoms with Crippen LogP contribution in [-0.4, -0.2) is 32.4 Å². The Morgan fingerprint density at radius 3 is 2.63 bits per heavy atom. The Morgan fingerprint density at radius 2 is 1.86 bits per heavy atom. The van der Waals surface area contributed by atoms with Gasteiger partial charge in [0.15, 0.2) is 5.82 Å². The van der Waals surface area contributed by atoms with Crippen molar-refractivity contribution in [1.29, 1.82) is 0 Å². The SMILES string of the molecule is CCOc1ccccc1C1C(C(=O)Nc2ccccc2)=C(C)Nc2nc(-c3cccc(O)c3)nn21. The molecule has 0 fully saturated rings. The molecule has 8 nitrogen and oxygen atoms in total. The number of carbonyl (C=O) groups is 1. The maximum Gasteiger partial charge on any atom is 0.255 e. The van der Waals surface area contributed by atoms with Gasteiger partial charge in [0, 0.05) is 22.5 Å². The first kappa shape index (κ1) is 22.2. The number of hydrogen-bond donors (Lipinski definition) is 3. The molecule has 35 heavy (non-hydrogen) atoms. The lowest BCUT2D eigenvalue weighted by Crippen LogP contribution is -2.31. The van der Waals surface area contributed by atoms with E-state index in [4.69, 9.17) is 9.84 Å². The number of allylic oxidation sites excluding steroid dienone is 1. The van der Waals surface area contributed by atoms with Gasteiger partial charge in [-0.15, -0.1) is 5.10 Å². The first-order chi connectivity index (χ1) is 17.0. The van der Waals surface area contributed by atoms with Crippen molar-refractivity contribution >= 4 is 17.5 Å². The average Bonchev–Trinajstić information content (AvgIpc) is 3.28. The molecule has 4 aromatic rings. The number of para-hydroxylation sites is 2. The summed E-state index contributed by atoms with van der Waals surface area (Å²) in [5, 5.41) is 20.9. The van der Waals surface area contributed by atoms with Crippen molar-refractivity contribution in [2.75, 3.05) is 17.2 Å². The minimum absolute atomic E-state index is 0.124. The number of anilines is 2. The number of aromatic nitrogens is 3. The van der Waals surface area contributed by atoms with Crippen molar-refractivity contribution in [3.05, 3.63) is 95.7 Å². The van der Waals surface area contributed by atoms with Crippen molar-refractivity contribution in [1.82, 2.24) is 14.8 Å². The van der Waals surface area contributed by atoms with Crippen LogP contribution in [0.3, 0.4) is 0 Å². The third kappa shape index (κ3) is 4.33. The molecule has 1 atom stereocenters. The van der Waals surface area contributed by atoms with E-state index in [0.717, 1.165) is 5.56 Å². The molecule has 2 heterocycles. The van der Waals surface area contributed by atoms with Crippen molar-refractivity contribution in [2.45, 2.75) is 19.9 Å². The number of nitrogens with one attached hydrogen (secondary N) is 2. The van der Waals surface area contributed by atoms with Crippen LogP contribution < -0.4 is 15.4 Å². The maximum absolute atomic E-state index is 13.6. The van der Waals surface area contributed by atoms with Gasteiger partial charge >= 0.3 is 0 Å². The fourth-order valence-corrected chi connectivity index (χ4v) is 4.21. The number of nitrogens with zero attached hydrogens (tertiary/aromatic N) is 3. The molecule has 3 N–H and O–H groups in total. The second kappa shape index (κ2) is 9.34. The Balaban J connectivity index is 1.64. The number of benzene rings is 3. The van der Waals surface area contributed by atoms with Crippen LogP contribution >= 0.6 is 0 Å². The second-order valence-electron chi connectivity index (χ2n) is 8.11. The van der Waals surface area contributed by atoms with Crippen LogP contribution in [0.4, 0.5) is 11.6 Å². The van der Waals surface area contributed by atoms with E-state index < -0.39 is 6.04 Å². The lowest BCUT2D eigenvalue weighted by molar-refractivity contribution is -0.113. The van der Waals surface area contributed by atoms with Gasteiger partial charge in [0.25, 0.3) is 5.91 Å². The van der Waals surface area contributed by atoms with Crippen molar-refractivity contribution in [3.8, 4) is 22.9 Å². The van der Waals surface area contributed by atoms with Crippen LogP contribution in [0.5, 0.6) is 11.5 Å². The van der Waals surface area contributed by atoms with E-state index in [1.807, 2.05) is 74.5 Å². The highest BCUT2D eigenvalue weighted by molar-refractivity contribution is 6.06. The van der Waals surface area contributed by atoms with Gasteiger partial charge in [-0.2, -0.15) is 4.98 Å². The second-order valence-corrected chi connectivity index (χ2v) is 8.11. The van der Waals surface area contributed by atoms with Crippen LogP contribution in [-0.2, 0) is 4.79 Å². The molecular weight excluding hydrogens is 442 g/mol. The monoisotopic (exact) mass is 467 g/mol. The van der Waals surface area contributed by atoms with Gasteiger partial charge in [0.05, 0.1) is 12.2 Å². The molecule has 1 amide bonds. The van der Waals surface area contributed by atoms with Crippen LogP contribution in [0.15, 0.2) is 90.1 Å². The highest BCUT2D eigenvalue weighted by atomic mass is 16.5. The molecule has 3 aromatic carbocycles. The van der Waals surface area contributed by atoms with Gasteiger partial charge in [-0.3, -0.25) is 4.79 Å². The van der Waals surface area contributed by atoms with E-state index >= 15 is 0 Å². The normalized spacial score (nSPS) is 14.7. The highest BCUT2D eigenvalue weighted by Gasteiger charge is 2.36. The van der Waals surface area contributed by atoms with Gasteiger partial charge in [0.2, 0.25) is 5.95 Å². The molecule has 176 valence electrons. The van der Waals surface area contributed by atoms with E-state index in [1.54, 1.807) is 22.9 Å². The van der Waals surface area contributed by atoms with Crippen LogP contribution in [0.2, 0.25) is 0 Å². The largest absolute Gasteiger partial charge is 0.508 e. The van der Waals surface area contributed by atoms with Gasteiger partial charge in [-0.05, 0) is 44.2 Å². The summed E-state index contributed by atoms with van der Waals surface area (Å²) >= 11 is 0. The fourth-order valence-electron chi connectivity index (χ4n) is 4.21. The Labute approximate surface area is 202 Å². The number of fused-ring (bicyclic) bond motifs is 1. The standard InChI is InChI=1S/C27H25N5O3/c1-3-35-22-15-8-7-14-21(22)24-23(26(34)29-19-11-5-4-6-12-19)17(2)28-27-30-25(31-32(24)27)18-10-9-13-20(33)16-18/h4-16,24,33H,3H2,1-2H3,(H,29,34)(H,28,30,31). The number of carbonyl (C=O) groups excluding carboxylic acids is 1. The molecule has 0 bridgehead atoms. The third-order valence-electron chi connectivity index (χ3n) is 5.75. The van der Waals surface area contributed by atoms with Crippen molar-refractivity contribution in [3.63, 3.8) is 0 Å². The maximum atomic E-state index is 13.6. The molecule has 1 aromatic heterocycles. The molecule has 5 rings (SSSR count). The number of hydrogen-bond acceptors (Lipinski definition) is 6. The molecular formula is C27H25N5O3. The lowest BCUT2D eigenvalue weighted by atomic mass is 9.94. The Kier molecular flexibility index (Phi) is 5.93. The number of aromatic hydroxyl groups is 1. The highest BCUT2D eigenvalue weighted by Crippen LogP contribution is 2.40. The number of amides is 1. The number of phenolic OH excluding ortho intramolecular Hbond substituents is 1. The predicted octanol–water partition coefficient (Wildman–Crippen LogP) is 4.98. The molecule has 8 heteroatoms. The average molecular weight is 468 g/mol. The zero-order chi connectivity index (χ0) is 24.4. The van der Waals surface area contributed by atoms with Gasteiger partial charge in [-0.25, -0.2) is 4.68 Å². The van der Waals surface area contributed by atoms with Gasteiger partial charge < -0.3 is 20.5 Å². The molecule has 0 aliphatic carbocycles. The van der Waals surface area contributed by atoms with Gasteiger partial charge in [0.1, 0.15) is 17.5 Å². The van der Waals surface area contributed by atoms with E-state index in [9.17, 15) is 9.90 Å². The molecule has 0 saturated carbocycles. The Hall–Kier alpha value is -4.59. The minimum atomic E-state index is -0.587. The summed E-state index contributed by atoms with van der Waals surface area (Å²) in [6, 6.07) is 23.1. The summed E-state index contributed by atoms with van der Waals surface area (Å²) in [6.07, 6.45) is 0. The van der Waals surface area contributed by atoms with E-state index in [0.29, 0.717) is 46.7 Å². The summed E-state index contributed by atoms with van der Waals surface area (Å²) in [5.41, 5.74) is 3.32. The molecule has 0 radical (unpaired) electrons. The zero-order valence-electron chi connectivity index (χ0n) is 19.4. The molecule has 1 aliphatic heterocycles. The van der Waals surface area contributed by atoms with Crippen LogP contribution in [0.1, 0.15) is 25.5 Å². The summed E-state index contributed by atoms with van der Waals surface area (Å²) in [7, 11) is 0. The number of rotatable bonds is 6. The van der Waals surface area contributed by atoms with Gasteiger partial charge in [-0.1, -0.05) is 48.5 Å². The van der Waals surface area contributed by atoms with Crippen LogP contribution in [0, 0.1) is 0 Å². The Bertz CT molecular complexity index is 1410. The first-order valence-corrected chi connectivity index (χ1v) is 11.4. The zero-order valence-corrected chi connectivity index (χ0v) is 19.4. The first-order valence-electron chi connectivity index (χ1n) is 11.4. The number of phenols is 1. The Morgan fingerprint density at radius 1 is 1.09 bits per heavy atom. The summed E-state index contributed by atoms with van der Waals surface area (Å²) in [4.78, 5) is 18.3. The quantitative estimate of drug-likeness (QED) is 0.370. The van der Waals surface area contributed by atoms with E-state index in [2.05, 4.69) is 15.6 Å². The van der Waals surface area contributed by atoms with Crippen molar-refractivity contribution in [2.24, 2.45) is 0 Å². The van der Waals surface area contributed by atoms with E-state index in [-0.39, 0.29) is 11.7 Å². The molecule has 0 spiro atoms. The molecule has 1 aliphatic rings. The minimum Gasteiger partial charge on any atom is -0.508 e. The third-order valence-corrected chi connectivity index (χ3v) is 5.75. The summed E-state index contributed by atoms with van der Waals surface area (Å²) in [6.45, 7) is 4.25. The number of ether oxygens (including phenoxy) is 1. The van der Waals surface area contributed by atoms with Crippen molar-refractivity contribution < 1.29 is 14.6 Å².